The van der Waals surface area contributed by atoms with Gasteiger partial charge in [-0.15, -0.1) is 0 Å². The first-order chi connectivity index (χ1) is 9.49. The molecule has 2 saturated heterocycles. The predicted octanol–water partition coefficient (Wildman–Crippen LogP) is 0.256. The second-order valence-corrected chi connectivity index (χ2v) is 5.50. The van der Waals surface area contributed by atoms with Crippen LogP contribution in [0.2, 0.25) is 0 Å². The third kappa shape index (κ3) is 3.20. The summed E-state index contributed by atoms with van der Waals surface area (Å²) in [7, 11) is 1.71. The standard InChI is InChI=1S/C13H21N3O4/c1-15-8-9(5-6-11(15)17)14-13(20)16-7-3-2-4-10(16)12(18)19/h9-10H,2-8H2,1H3,(H,14,20)(H,18,19). The first-order valence-electron chi connectivity index (χ1n) is 7.03. The van der Waals surface area contributed by atoms with Crippen molar-refractivity contribution in [3.05, 3.63) is 0 Å². The smallest absolute Gasteiger partial charge is 0.326 e. The summed E-state index contributed by atoms with van der Waals surface area (Å²) in [6, 6.07) is -1.15. The second-order valence-electron chi connectivity index (χ2n) is 5.50. The van der Waals surface area contributed by atoms with Gasteiger partial charge in [-0.25, -0.2) is 9.59 Å². The van der Waals surface area contributed by atoms with Gasteiger partial charge in [0, 0.05) is 32.6 Å². The molecule has 2 rings (SSSR count). The van der Waals surface area contributed by atoms with Crippen molar-refractivity contribution >= 4 is 17.9 Å². The lowest BCUT2D eigenvalue weighted by Gasteiger charge is -2.36. The maximum atomic E-state index is 12.2. The number of rotatable bonds is 2. The number of likely N-dealkylation sites (N-methyl/N-ethyl adjacent to an activating group) is 1. The molecule has 0 aromatic heterocycles. The van der Waals surface area contributed by atoms with Crippen LogP contribution in [0.15, 0.2) is 0 Å². The normalized spacial score (nSPS) is 27.4. The topological polar surface area (TPSA) is 90.0 Å². The molecule has 112 valence electrons. The average molecular weight is 283 g/mol. The first kappa shape index (κ1) is 14.6. The molecule has 7 nitrogen and oxygen atoms in total. The molecule has 2 aliphatic rings. The minimum atomic E-state index is -0.948. The number of nitrogens with zero attached hydrogens (tertiary/aromatic N) is 2. The monoisotopic (exact) mass is 283 g/mol. The van der Waals surface area contributed by atoms with Gasteiger partial charge in [-0.2, -0.15) is 0 Å². The average Bonchev–Trinajstić information content (AvgIpc) is 2.43. The lowest BCUT2D eigenvalue weighted by Crippen LogP contribution is -2.56. The second kappa shape index (κ2) is 6.11. The van der Waals surface area contributed by atoms with E-state index < -0.39 is 12.0 Å². The van der Waals surface area contributed by atoms with E-state index in [1.807, 2.05) is 0 Å². The van der Waals surface area contributed by atoms with E-state index >= 15 is 0 Å². The van der Waals surface area contributed by atoms with Gasteiger partial charge < -0.3 is 20.2 Å². The number of carbonyl (C=O) groups is 3. The molecule has 7 heteroatoms. The highest BCUT2D eigenvalue weighted by Crippen LogP contribution is 2.18. The minimum Gasteiger partial charge on any atom is -0.480 e. The molecular weight excluding hydrogens is 262 g/mol. The van der Waals surface area contributed by atoms with Crippen molar-refractivity contribution in [2.75, 3.05) is 20.1 Å². The zero-order valence-corrected chi connectivity index (χ0v) is 11.7. The summed E-state index contributed by atoms with van der Waals surface area (Å²) in [5.74, 6) is -0.868. The van der Waals surface area contributed by atoms with Crippen LogP contribution < -0.4 is 5.32 Å². The zero-order valence-electron chi connectivity index (χ0n) is 11.7. The van der Waals surface area contributed by atoms with E-state index in [1.54, 1.807) is 11.9 Å². The Morgan fingerprint density at radius 2 is 2.05 bits per heavy atom. The third-order valence-corrected chi connectivity index (χ3v) is 4.00. The van der Waals surface area contributed by atoms with Crippen molar-refractivity contribution < 1.29 is 19.5 Å². The van der Waals surface area contributed by atoms with Gasteiger partial charge >= 0.3 is 12.0 Å². The molecule has 2 unspecified atom stereocenters. The Morgan fingerprint density at radius 1 is 1.30 bits per heavy atom. The highest BCUT2D eigenvalue weighted by atomic mass is 16.4. The Labute approximate surface area is 117 Å². The van der Waals surface area contributed by atoms with Gasteiger partial charge in [-0.1, -0.05) is 0 Å². The maximum absolute atomic E-state index is 12.2. The highest BCUT2D eigenvalue weighted by Gasteiger charge is 2.33. The largest absolute Gasteiger partial charge is 0.480 e. The van der Waals surface area contributed by atoms with Crippen LogP contribution >= 0.6 is 0 Å². The molecule has 0 aromatic rings. The molecule has 2 fully saturated rings. The fourth-order valence-corrected chi connectivity index (χ4v) is 2.82. The van der Waals surface area contributed by atoms with Gasteiger partial charge in [0.15, 0.2) is 0 Å². The van der Waals surface area contributed by atoms with Crippen molar-refractivity contribution in [3.8, 4) is 0 Å². The van der Waals surface area contributed by atoms with Crippen molar-refractivity contribution in [2.24, 2.45) is 0 Å². The van der Waals surface area contributed by atoms with Crippen molar-refractivity contribution in [1.29, 1.82) is 0 Å². The number of carboxylic acid groups (broad SMARTS) is 1. The number of aliphatic carboxylic acids is 1. The van der Waals surface area contributed by atoms with Crippen LogP contribution in [0.25, 0.3) is 0 Å². The van der Waals surface area contributed by atoms with E-state index in [9.17, 15) is 14.4 Å². The van der Waals surface area contributed by atoms with Crippen LogP contribution in [-0.2, 0) is 9.59 Å². The Morgan fingerprint density at radius 3 is 2.70 bits per heavy atom. The lowest BCUT2D eigenvalue weighted by molar-refractivity contribution is -0.143. The molecule has 0 aromatic carbocycles. The van der Waals surface area contributed by atoms with Crippen LogP contribution in [-0.4, -0.2) is 65.0 Å². The van der Waals surface area contributed by atoms with E-state index in [-0.39, 0.29) is 18.0 Å². The van der Waals surface area contributed by atoms with Crippen LogP contribution in [0.5, 0.6) is 0 Å². The molecule has 20 heavy (non-hydrogen) atoms. The molecule has 0 radical (unpaired) electrons. The zero-order chi connectivity index (χ0) is 14.7. The van der Waals surface area contributed by atoms with Crippen molar-refractivity contribution in [3.63, 3.8) is 0 Å². The number of urea groups is 1. The summed E-state index contributed by atoms with van der Waals surface area (Å²) in [5, 5.41) is 12.0. The third-order valence-electron chi connectivity index (χ3n) is 4.00. The Bertz CT molecular complexity index is 412. The quantitative estimate of drug-likeness (QED) is 0.760. The van der Waals surface area contributed by atoms with Crippen LogP contribution in [0.4, 0.5) is 4.79 Å². The fourth-order valence-electron chi connectivity index (χ4n) is 2.82. The number of likely N-dealkylation sites (tertiary alicyclic amines) is 2. The SMILES string of the molecule is CN1CC(NC(=O)N2CCCCC2C(=O)O)CCC1=O. The van der Waals surface area contributed by atoms with Gasteiger partial charge in [0.05, 0.1) is 0 Å². The number of nitrogens with one attached hydrogen (secondary N) is 1. The fraction of sp³-hybridized carbons (Fsp3) is 0.769. The molecule has 0 saturated carbocycles. The predicted molar refractivity (Wildman–Crippen MR) is 71.2 cm³/mol. The summed E-state index contributed by atoms with van der Waals surface area (Å²) in [5.41, 5.74) is 0. The molecule has 0 aliphatic carbocycles. The molecule has 2 heterocycles. The van der Waals surface area contributed by atoms with Gasteiger partial charge in [0.1, 0.15) is 6.04 Å². The Kier molecular flexibility index (Phi) is 4.46. The number of carboxylic acids is 1. The summed E-state index contributed by atoms with van der Waals surface area (Å²) >= 11 is 0. The van der Waals surface area contributed by atoms with Crippen LogP contribution in [0, 0.1) is 0 Å². The summed E-state index contributed by atoms with van der Waals surface area (Å²) in [4.78, 5) is 37.8. The van der Waals surface area contributed by atoms with E-state index in [4.69, 9.17) is 5.11 Å². The maximum Gasteiger partial charge on any atom is 0.326 e. The molecule has 2 aliphatic heterocycles. The van der Waals surface area contributed by atoms with Crippen LogP contribution in [0.1, 0.15) is 32.1 Å². The molecule has 2 N–H and O–H groups in total. The minimum absolute atomic E-state index is 0.0804. The lowest BCUT2D eigenvalue weighted by atomic mass is 10.0. The van der Waals surface area contributed by atoms with E-state index in [0.717, 1.165) is 12.8 Å². The van der Waals surface area contributed by atoms with E-state index in [1.165, 1.54) is 4.90 Å². The number of amides is 3. The Hall–Kier alpha value is -1.79. The molecule has 0 bridgehead atoms. The summed E-state index contributed by atoms with van der Waals surface area (Å²) in [6.07, 6.45) is 3.21. The number of hydrogen-bond acceptors (Lipinski definition) is 3. The Balaban J connectivity index is 1.93. The molecule has 3 amide bonds. The summed E-state index contributed by atoms with van der Waals surface area (Å²) < 4.78 is 0. The highest BCUT2D eigenvalue weighted by molar-refractivity contribution is 5.83. The number of piperidine rings is 2. The van der Waals surface area contributed by atoms with Gasteiger partial charge in [0.25, 0.3) is 0 Å². The van der Waals surface area contributed by atoms with Crippen molar-refractivity contribution in [2.45, 2.75) is 44.2 Å². The van der Waals surface area contributed by atoms with E-state index in [0.29, 0.717) is 32.4 Å². The van der Waals surface area contributed by atoms with E-state index in [2.05, 4.69) is 5.32 Å². The van der Waals surface area contributed by atoms with Gasteiger partial charge in [-0.3, -0.25) is 4.79 Å². The van der Waals surface area contributed by atoms with Crippen molar-refractivity contribution in [1.82, 2.24) is 15.1 Å². The number of hydrogen-bond donors (Lipinski definition) is 2. The first-order valence-corrected chi connectivity index (χ1v) is 7.03. The van der Waals surface area contributed by atoms with Gasteiger partial charge in [0.2, 0.25) is 5.91 Å². The summed E-state index contributed by atoms with van der Waals surface area (Å²) in [6.45, 7) is 0.959. The molecular formula is C13H21N3O4. The van der Waals surface area contributed by atoms with Gasteiger partial charge in [-0.05, 0) is 25.7 Å². The molecule has 2 atom stereocenters. The van der Waals surface area contributed by atoms with Crippen LogP contribution in [0.3, 0.4) is 0 Å². The number of carbonyl (C=O) groups excluding carboxylic acids is 2. The molecule has 0 spiro atoms.